The number of carbonyl (C=O) groups excluding carboxylic acids is 2. The number of cyclic esters (lactones) is 1. The largest absolute Gasteiger partial charge is 0.457 e. The van der Waals surface area contributed by atoms with Gasteiger partial charge in [-0.05, 0) is 52.0 Å². The molecule has 0 aromatic carbocycles. The summed E-state index contributed by atoms with van der Waals surface area (Å²) in [5, 5.41) is 0. The molecular weight excluding hydrogens is 304 g/mol. The van der Waals surface area contributed by atoms with Crippen LogP contribution in [0, 0.1) is 11.3 Å². The van der Waals surface area contributed by atoms with Gasteiger partial charge in [0.25, 0.3) is 0 Å². The fourth-order valence-electron chi connectivity index (χ4n) is 3.95. The van der Waals surface area contributed by atoms with E-state index in [0.717, 1.165) is 12.8 Å². The molecule has 2 rings (SSSR count). The van der Waals surface area contributed by atoms with Gasteiger partial charge in [0.1, 0.15) is 11.9 Å². The van der Waals surface area contributed by atoms with Gasteiger partial charge in [-0.15, -0.1) is 0 Å². The predicted molar refractivity (Wildman–Crippen MR) is 93.6 cm³/mol. The summed E-state index contributed by atoms with van der Waals surface area (Å²) in [4.78, 5) is 24.8. The lowest BCUT2D eigenvalue weighted by Gasteiger charge is -2.40. The summed E-state index contributed by atoms with van der Waals surface area (Å²) in [5.41, 5.74) is 1.78. The van der Waals surface area contributed by atoms with E-state index >= 15 is 0 Å². The molecule has 0 N–H and O–H groups in total. The molecule has 0 aromatic heterocycles. The molecule has 2 aliphatic rings. The van der Waals surface area contributed by atoms with E-state index < -0.39 is 11.5 Å². The zero-order valence-corrected chi connectivity index (χ0v) is 15.6. The van der Waals surface area contributed by atoms with E-state index in [1.54, 1.807) is 7.11 Å². The molecule has 4 nitrogen and oxygen atoms in total. The molecule has 0 amide bonds. The number of Topliss-reactive ketones (excluding diaryl/α,β-unsaturated/α-hetero) is 1. The predicted octanol–water partition coefficient (Wildman–Crippen LogP) is 4.00. The van der Waals surface area contributed by atoms with Crippen LogP contribution in [-0.4, -0.2) is 31.1 Å². The second-order valence-corrected chi connectivity index (χ2v) is 7.66. The Morgan fingerprint density at radius 1 is 1.33 bits per heavy atom. The number of ether oxygens (including phenoxy) is 2. The Kier molecular flexibility index (Phi) is 6.02. The highest BCUT2D eigenvalue weighted by Crippen LogP contribution is 2.48. The van der Waals surface area contributed by atoms with E-state index in [1.165, 1.54) is 11.1 Å². The summed E-state index contributed by atoms with van der Waals surface area (Å²) < 4.78 is 11.0. The molecule has 4 atom stereocenters. The van der Waals surface area contributed by atoms with Crippen molar-refractivity contribution in [1.29, 1.82) is 0 Å². The van der Waals surface area contributed by atoms with Crippen LogP contribution in [0.15, 0.2) is 23.3 Å². The third-order valence-corrected chi connectivity index (χ3v) is 5.36. The summed E-state index contributed by atoms with van der Waals surface area (Å²) in [5.74, 6) is 0.0884. The number of rotatable bonds is 5. The first kappa shape index (κ1) is 18.9. The molecule has 134 valence electrons. The van der Waals surface area contributed by atoms with Gasteiger partial charge in [0.05, 0.1) is 17.9 Å². The Morgan fingerprint density at radius 2 is 2.04 bits per heavy atom. The highest BCUT2D eigenvalue weighted by molar-refractivity contribution is 5.93. The maximum absolute atomic E-state index is 12.8. The second-order valence-electron chi connectivity index (χ2n) is 7.66. The van der Waals surface area contributed by atoms with Crippen molar-refractivity contribution in [2.24, 2.45) is 11.3 Å². The van der Waals surface area contributed by atoms with E-state index in [-0.39, 0.29) is 30.2 Å². The van der Waals surface area contributed by atoms with Gasteiger partial charge in [0.15, 0.2) is 0 Å². The van der Waals surface area contributed by atoms with Gasteiger partial charge in [-0.25, -0.2) is 0 Å². The number of hydrogen-bond acceptors (Lipinski definition) is 4. The fourth-order valence-corrected chi connectivity index (χ4v) is 3.95. The van der Waals surface area contributed by atoms with Gasteiger partial charge >= 0.3 is 5.97 Å². The summed E-state index contributed by atoms with van der Waals surface area (Å²) >= 11 is 0. The van der Waals surface area contributed by atoms with Crippen LogP contribution in [0.2, 0.25) is 0 Å². The minimum absolute atomic E-state index is 0.0535. The average molecular weight is 334 g/mol. The van der Waals surface area contributed by atoms with Gasteiger partial charge in [-0.1, -0.05) is 24.1 Å². The van der Waals surface area contributed by atoms with Crippen molar-refractivity contribution in [3.05, 3.63) is 23.3 Å². The summed E-state index contributed by atoms with van der Waals surface area (Å²) in [6.07, 6.45) is 6.83. The molecule has 1 saturated heterocycles. The van der Waals surface area contributed by atoms with Crippen molar-refractivity contribution < 1.29 is 19.1 Å². The minimum Gasteiger partial charge on any atom is -0.457 e. The van der Waals surface area contributed by atoms with E-state index in [4.69, 9.17) is 9.47 Å². The number of ketones is 1. The van der Waals surface area contributed by atoms with E-state index in [0.29, 0.717) is 12.8 Å². The van der Waals surface area contributed by atoms with Crippen molar-refractivity contribution in [1.82, 2.24) is 0 Å². The summed E-state index contributed by atoms with van der Waals surface area (Å²) in [6, 6.07) is 0. The number of methoxy groups -OCH3 is 1. The molecule has 1 saturated carbocycles. The average Bonchev–Trinajstić information content (AvgIpc) is 2.79. The van der Waals surface area contributed by atoms with Gasteiger partial charge in [0, 0.05) is 13.5 Å². The van der Waals surface area contributed by atoms with E-state index in [1.807, 2.05) is 13.0 Å². The molecule has 1 unspecified atom stereocenters. The van der Waals surface area contributed by atoms with Gasteiger partial charge in [0.2, 0.25) is 0 Å². The van der Waals surface area contributed by atoms with Crippen molar-refractivity contribution in [2.45, 2.75) is 72.0 Å². The number of carbonyl (C=O) groups is 2. The summed E-state index contributed by atoms with van der Waals surface area (Å²) in [7, 11) is 1.65. The lowest BCUT2D eigenvalue weighted by Crippen LogP contribution is -2.48. The minimum atomic E-state index is -0.691. The van der Waals surface area contributed by atoms with Crippen LogP contribution in [0.5, 0.6) is 0 Å². The lowest BCUT2D eigenvalue weighted by molar-refractivity contribution is -0.143. The molecule has 24 heavy (non-hydrogen) atoms. The highest BCUT2D eigenvalue weighted by atomic mass is 16.6. The zero-order valence-electron chi connectivity index (χ0n) is 15.6. The van der Waals surface area contributed by atoms with Crippen molar-refractivity contribution in [3.63, 3.8) is 0 Å². The zero-order chi connectivity index (χ0) is 17.9. The van der Waals surface area contributed by atoms with Crippen LogP contribution in [0.3, 0.4) is 0 Å². The van der Waals surface area contributed by atoms with E-state index in [9.17, 15) is 9.59 Å². The topological polar surface area (TPSA) is 52.6 Å². The Bertz CT molecular complexity index is 556. The maximum Gasteiger partial charge on any atom is 0.307 e. The first-order chi connectivity index (χ1) is 11.3. The molecule has 0 radical (unpaired) electrons. The third kappa shape index (κ3) is 3.97. The standard InChI is InChI=1S/C20H30O4/c1-13(2)7-6-8-14(3)9-18-20(12-19(22)24-18)11-15(4)16(23-5)10-17(20)21/h7,9,15-16,18H,6,8,10-12H2,1-5H3/b14-9+/t15-,16-,18+,20?/m0/s1. The smallest absolute Gasteiger partial charge is 0.307 e. The molecule has 4 heteroatoms. The van der Waals surface area contributed by atoms with Crippen LogP contribution >= 0.6 is 0 Å². The molecule has 1 aliphatic carbocycles. The fraction of sp³-hybridized carbons (Fsp3) is 0.700. The summed E-state index contributed by atoms with van der Waals surface area (Å²) in [6.45, 7) is 8.31. The van der Waals surface area contributed by atoms with Crippen LogP contribution in [0.25, 0.3) is 0 Å². The third-order valence-electron chi connectivity index (χ3n) is 5.36. The first-order valence-electron chi connectivity index (χ1n) is 8.84. The van der Waals surface area contributed by atoms with Crippen LogP contribution in [0.4, 0.5) is 0 Å². The van der Waals surface area contributed by atoms with Crippen LogP contribution in [0.1, 0.15) is 59.8 Å². The first-order valence-corrected chi connectivity index (χ1v) is 8.84. The molecular formula is C20H30O4. The number of hydrogen-bond donors (Lipinski definition) is 0. The number of allylic oxidation sites excluding steroid dienone is 3. The molecule has 0 bridgehead atoms. The molecule has 1 spiro atoms. The second kappa shape index (κ2) is 7.64. The van der Waals surface area contributed by atoms with E-state index in [2.05, 4.69) is 26.8 Å². The Labute approximate surface area is 145 Å². The SMILES string of the molecule is CO[C@H]1CC(=O)C2(CC(=O)O[C@@H]2/C=C(\C)CCC=C(C)C)C[C@@H]1C. The normalized spacial score (nSPS) is 33.7. The maximum atomic E-state index is 12.8. The van der Waals surface area contributed by atoms with Gasteiger partial charge in [-0.2, -0.15) is 0 Å². The Hall–Kier alpha value is -1.42. The molecule has 1 heterocycles. The quantitative estimate of drug-likeness (QED) is 0.563. The number of esters is 1. The monoisotopic (exact) mass is 334 g/mol. The molecule has 1 aliphatic heterocycles. The van der Waals surface area contributed by atoms with Crippen LogP contribution in [-0.2, 0) is 19.1 Å². The molecule has 2 fully saturated rings. The Balaban J connectivity index is 2.18. The van der Waals surface area contributed by atoms with Crippen LogP contribution < -0.4 is 0 Å². The Morgan fingerprint density at radius 3 is 2.67 bits per heavy atom. The van der Waals surface area contributed by atoms with Crippen molar-refractivity contribution in [3.8, 4) is 0 Å². The van der Waals surface area contributed by atoms with Crippen molar-refractivity contribution >= 4 is 11.8 Å². The highest BCUT2D eigenvalue weighted by Gasteiger charge is 2.57. The van der Waals surface area contributed by atoms with Gasteiger partial charge in [-0.3, -0.25) is 9.59 Å². The van der Waals surface area contributed by atoms with Gasteiger partial charge < -0.3 is 9.47 Å². The molecule has 0 aromatic rings. The van der Waals surface area contributed by atoms with Crippen molar-refractivity contribution in [2.75, 3.05) is 7.11 Å². The lowest BCUT2D eigenvalue weighted by atomic mass is 9.64.